The molecule has 6 rings (SSSR count). The summed E-state index contributed by atoms with van der Waals surface area (Å²) >= 11 is 0. The molecule has 2 N–H and O–H groups in total. The molecule has 0 unspecified atom stereocenters. The maximum Gasteiger partial charge on any atom is 0.258 e. The molecule has 44 heavy (non-hydrogen) atoms. The van der Waals surface area contributed by atoms with Gasteiger partial charge in [0.15, 0.2) is 13.2 Å². The summed E-state index contributed by atoms with van der Waals surface area (Å²) in [5.41, 5.74) is 1.69. The van der Waals surface area contributed by atoms with Gasteiger partial charge in [0.1, 0.15) is 11.5 Å². The summed E-state index contributed by atoms with van der Waals surface area (Å²) in [5, 5.41) is 10.2. The lowest BCUT2D eigenvalue weighted by molar-refractivity contribution is -0.126. The first-order valence-corrected chi connectivity index (χ1v) is 14.6. The van der Waals surface area contributed by atoms with Crippen molar-refractivity contribution in [2.45, 2.75) is 12.1 Å². The third kappa shape index (κ3) is 6.71. The van der Waals surface area contributed by atoms with Gasteiger partial charge in [-0.2, -0.15) is 0 Å². The number of rotatable bonds is 11. The van der Waals surface area contributed by atoms with Crippen LogP contribution in [0.3, 0.4) is 0 Å². The van der Waals surface area contributed by atoms with E-state index < -0.39 is 12.1 Å². The number of fused-ring (bicyclic) bond motifs is 2. The molecular weight excluding hydrogens is 548 g/mol. The van der Waals surface area contributed by atoms with Crippen molar-refractivity contribution in [2.75, 3.05) is 13.2 Å². The Balaban J connectivity index is 1.22. The fourth-order valence-corrected chi connectivity index (χ4v) is 5.40. The van der Waals surface area contributed by atoms with E-state index in [-0.39, 0.29) is 25.0 Å². The predicted octanol–water partition coefficient (Wildman–Crippen LogP) is 7.17. The van der Waals surface area contributed by atoms with Crippen LogP contribution in [0.2, 0.25) is 0 Å². The quantitative estimate of drug-likeness (QED) is 0.170. The van der Waals surface area contributed by atoms with E-state index in [2.05, 4.69) is 10.6 Å². The van der Waals surface area contributed by atoms with E-state index in [4.69, 9.17) is 9.47 Å². The number of benzene rings is 6. The van der Waals surface area contributed by atoms with Gasteiger partial charge in [-0.1, -0.05) is 133 Å². The van der Waals surface area contributed by atoms with Crippen molar-refractivity contribution >= 4 is 33.4 Å². The normalized spacial score (nSPS) is 12.3. The third-order valence-electron chi connectivity index (χ3n) is 7.50. The Morgan fingerprint density at radius 1 is 0.455 bits per heavy atom. The van der Waals surface area contributed by atoms with Crippen LogP contribution in [0.25, 0.3) is 21.5 Å². The first-order chi connectivity index (χ1) is 21.7. The van der Waals surface area contributed by atoms with Crippen LogP contribution in [-0.4, -0.2) is 25.0 Å². The molecule has 0 aliphatic heterocycles. The van der Waals surface area contributed by atoms with Crippen molar-refractivity contribution in [1.29, 1.82) is 0 Å². The molecule has 0 spiro atoms. The average Bonchev–Trinajstić information content (AvgIpc) is 3.08. The fourth-order valence-electron chi connectivity index (χ4n) is 5.40. The van der Waals surface area contributed by atoms with Crippen molar-refractivity contribution < 1.29 is 19.1 Å². The first kappa shape index (κ1) is 28.5. The molecule has 6 heteroatoms. The second kappa shape index (κ2) is 13.6. The van der Waals surface area contributed by atoms with Crippen molar-refractivity contribution in [3.05, 3.63) is 157 Å². The summed E-state index contributed by atoms with van der Waals surface area (Å²) < 4.78 is 12.0. The molecule has 0 bridgehead atoms. The fraction of sp³-hybridized carbons (Fsp3) is 0.105. The molecule has 2 amide bonds. The molecule has 0 aliphatic rings. The summed E-state index contributed by atoms with van der Waals surface area (Å²) in [6, 6.07) is 45.4. The summed E-state index contributed by atoms with van der Waals surface area (Å²) in [5.74, 6) is 0.643. The Kier molecular flexibility index (Phi) is 8.79. The number of hydrogen-bond donors (Lipinski definition) is 2. The summed E-state index contributed by atoms with van der Waals surface area (Å²) in [4.78, 5) is 26.8. The minimum absolute atomic E-state index is 0.184. The molecule has 218 valence electrons. The van der Waals surface area contributed by atoms with Gasteiger partial charge in [0.2, 0.25) is 0 Å². The smallest absolute Gasteiger partial charge is 0.258 e. The summed E-state index contributed by atoms with van der Waals surface area (Å²) in [6.45, 7) is -0.367. The topological polar surface area (TPSA) is 76.7 Å². The first-order valence-electron chi connectivity index (χ1n) is 14.6. The van der Waals surface area contributed by atoms with Crippen LogP contribution in [-0.2, 0) is 9.59 Å². The van der Waals surface area contributed by atoms with Gasteiger partial charge in [-0.3, -0.25) is 9.59 Å². The Labute approximate surface area is 256 Å². The highest BCUT2D eigenvalue weighted by Crippen LogP contribution is 2.30. The predicted molar refractivity (Wildman–Crippen MR) is 174 cm³/mol. The molecule has 0 aromatic heterocycles. The summed E-state index contributed by atoms with van der Waals surface area (Å²) in [7, 11) is 0. The number of nitrogens with one attached hydrogen (secondary N) is 2. The molecule has 0 fully saturated rings. The zero-order valence-corrected chi connectivity index (χ0v) is 24.1. The Hall–Kier alpha value is -5.62. The monoisotopic (exact) mass is 580 g/mol. The standard InChI is InChI=1S/C38H32N2O4/c41-35(25-43-33-23-11-19-27-13-7-9-21-31(27)33)39-37(29-15-3-1-4-16-29)38(30-17-5-2-6-18-30)40-36(42)26-44-34-24-12-20-28-14-8-10-22-32(28)34/h1-24,37-38H,25-26H2,(H,39,41)(H,40,42)/t37-,38-/m0/s1. The molecule has 6 aromatic rings. The lowest BCUT2D eigenvalue weighted by Gasteiger charge is -2.30. The molecular formula is C38H32N2O4. The van der Waals surface area contributed by atoms with E-state index in [1.165, 1.54) is 0 Å². The van der Waals surface area contributed by atoms with Gasteiger partial charge < -0.3 is 20.1 Å². The number of ether oxygens (including phenoxy) is 2. The van der Waals surface area contributed by atoms with Crippen molar-refractivity contribution in [3.63, 3.8) is 0 Å². The van der Waals surface area contributed by atoms with Gasteiger partial charge >= 0.3 is 0 Å². The van der Waals surface area contributed by atoms with Gasteiger partial charge in [-0.15, -0.1) is 0 Å². The summed E-state index contributed by atoms with van der Waals surface area (Å²) in [6.07, 6.45) is 0. The van der Waals surface area contributed by atoms with Crippen LogP contribution < -0.4 is 20.1 Å². The van der Waals surface area contributed by atoms with E-state index >= 15 is 0 Å². The number of amides is 2. The Morgan fingerprint density at radius 2 is 0.818 bits per heavy atom. The highest BCUT2D eigenvalue weighted by atomic mass is 16.5. The minimum atomic E-state index is -0.580. The zero-order chi connectivity index (χ0) is 30.1. The molecule has 0 heterocycles. The number of carbonyl (C=O) groups excluding carboxylic acids is 2. The maximum atomic E-state index is 13.4. The van der Waals surface area contributed by atoms with Gasteiger partial charge in [0.25, 0.3) is 11.8 Å². The van der Waals surface area contributed by atoms with Crippen LogP contribution >= 0.6 is 0 Å². The van der Waals surface area contributed by atoms with Gasteiger partial charge in [0, 0.05) is 10.8 Å². The van der Waals surface area contributed by atoms with Gasteiger partial charge in [-0.05, 0) is 34.0 Å². The SMILES string of the molecule is O=C(COc1cccc2ccccc12)N[C@@H](c1ccccc1)[C@@H](NC(=O)COc1cccc2ccccc12)c1ccccc1. The lowest BCUT2D eigenvalue weighted by atomic mass is 9.93. The zero-order valence-electron chi connectivity index (χ0n) is 24.1. The highest BCUT2D eigenvalue weighted by molar-refractivity contribution is 5.89. The minimum Gasteiger partial charge on any atom is -0.483 e. The molecule has 2 atom stereocenters. The second-order valence-electron chi connectivity index (χ2n) is 10.4. The van der Waals surface area contributed by atoms with Gasteiger partial charge in [0.05, 0.1) is 12.1 Å². The van der Waals surface area contributed by atoms with Crippen LogP contribution in [0.5, 0.6) is 11.5 Å². The lowest BCUT2D eigenvalue weighted by Crippen LogP contribution is -2.43. The second-order valence-corrected chi connectivity index (χ2v) is 10.4. The van der Waals surface area contributed by atoms with Gasteiger partial charge in [-0.25, -0.2) is 0 Å². The third-order valence-corrected chi connectivity index (χ3v) is 7.50. The molecule has 0 aliphatic carbocycles. The van der Waals surface area contributed by atoms with Crippen LogP contribution in [0.1, 0.15) is 23.2 Å². The maximum absolute atomic E-state index is 13.4. The molecule has 0 saturated carbocycles. The Morgan fingerprint density at radius 3 is 1.25 bits per heavy atom. The largest absolute Gasteiger partial charge is 0.483 e. The molecule has 0 radical (unpaired) electrons. The molecule has 6 nitrogen and oxygen atoms in total. The van der Waals surface area contributed by atoms with E-state index in [0.29, 0.717) is 11.5 Å². The van der Waals surface area contributed by atoms with Crippen LogP contribution in [0, 0.1) is 0 Å². The van der Waals surface area contributed by atoms with Crippen molar-refractivity contribution in [2.24, 2.45) is 0 Å². The molecule has 6 aromatic carbocycles. The van der Waals surface area contributed by atoms with Crippen LogP contribution in [0.4, 0.5) is 0 Å². The van der Waals surface area contributed by atoms with E-state index in [1.807, 2.05) is 146 Å². The van der Waals surface area contributed by atoms with E-state index in [0.717, 1.165) is 32.7 Å². The number of carbonyl (C=O) groups is 2. The van der Waals surface area contributed by atoms with Crippen LogP contribution in [0.15, 0.2) is 146 Å². The van der Waals surface area contributed by atoms with Crippen molar-refractivity contribution in [1.82, 2.24) is 10.6 Å². The molecule has 0 saturated heterocycles. The van der Waals surface area contributed by atoms with Crippen molar-refractivity contribution in [3.8, 4) is 11.5 Å². The van der Waals surface area contributed by atoms with E-state index in [9.17, 15) is 9.59 Å². The Bertz CT molecular complexity index is 1730. The highest BCUT2D eigenvalue weighted by Gasteiger charge is 2.28. The average molecular weight is 581 g/mol. The van der Waals surface area contributed by atoms with E-state index in [1.54, 1.807) is 0 Å². The number of hydrogen-bond acceptors (Lipinski definition) is 4.